The Morgan fingerprint density at radius 3 is 2.08 bits per heavy atom. The normalized spacial score (nSPS) is 13.2. The molecule has 0 radical (unpaired) electrons. The number of anilines is 1. The Kier molecular flexibility index (Phi) is 7.14. The van der Waals surface area contributed by atoms with Gasteiger partial charge in [0, 0.05) is 19.2 Å². The van der Waals surface area contributed by atoms with E-state index in [9.17, 15) is 27.2 Å². The molecule has 146 valence electrons. The third-order valence-corrected chi connectivity index (χ3v) is 3.08. The highest BCUT2D eigenvalue weighted by Crippen LogP contribution is 2.28. The van der Waals surface area contributed by atoms with Crippen LogP contribution in [-0.2, 0) is 14.3 Å². The first-order valence-electron chi connectivity index (χ1n) is 7.73. The number of hydrogen-bond donors (Lipinski definition) is 0. The summed E-state index contributed by atoms with van der Waals surface area (Å²) in [7, 11) is 1.26. The molecule has 0 saturated carbocycles. The summed E-state index contributed by atoms with van der Waals surface area (Å²) >= 11 is 0. The van der Waals surface area contributed by atoms with E-state index in [2.05, 4.69) is 4.74 Å². The van der Waals surface area contributed by atoms with Crippen LogP contribution in [0.4, 0.5) is 23.2 Å². The molecule has 0 aliphatic carbocycles. The van der Waals surface area contributed by atoms with Crippen molar-refractivity contribution in [2.45, 2.75) is 45.3 Å². The highest BCUT2D eigenvalue weighted by atomic mass is 19.4. The molecule has 5 nitrogen and oxygen atoms in total. The Morgan fingerprint density at radius 1 is 1.12 bits per heavy atom. The molecule has 9 heteroatoms. The highest BCUT2D eigenvalue weighted by molar-refractivity contribution is 5.98. The van der Waals surface area contributed by atoms with Crippen molar-refractivity contribution in [3.63, 3.8) is 0 Å². The second-order valence-electron chi connectivity index (χ2n) is 6.44. The van der Waals surface area contributed by atoms with Gasteiger partial charge in [-0.1, -0.05) is 0 Å². The van der Waals surface area contributed by atoms with Crippen molar-refractivity contribution in [2.24, 2.45) is 0 Å². The quantitative estimate of drug-likeness (QED) is 0.428. The maximum Gasteiger partial charge on any atom is 0.471 e. The molecule has 1 atom stereocenters. The van der Waals surface area contributed by atoms with E-state index in [-0.39, 0.29) is 22.8 Å². The van der Waals surface area contributed by atoms with Crippen molar-refractivity contribution in [3.05, 3.63) is 29.8 Å². The molecule has 0 N–H and O–H groups in total. The summed E-state index contributed by atoms with van der Waals surface area (Å²) < 4.78 is 62.4. The average molecular weight is 379 g/mol. The fraction of sp³-hybridized carbons (Fsp3) is 0.529. The van der Waals surface area contributed by atoms with Gasteiger partial charge in [-0.3, -0.25) is 9.69 Å². The zero-order valence-corrected chi connectivity index (χ0v) is 14.9. The van der Waals surface area contributed by atoms with Gasteiger partial charge in [0.1, 0.15) is 5.60 Å². The minimum Gasteiger partial charge on any atom is -0.456 e. The van der Waals surface area contributed by atoms with Crippen LogP contribution in [0.3, 0.4) is 0 Å². The van der Waals surface area contributed by atoms with Crippen LogP contribution in [0, 0.1) is 0 Å². The van der Waals surface area contributed by atoms with Crippen LogP contribution in [0.5, 0.6) is 0 Å². The maximum absolute atomic E-state index is 14.2. The molecule has 0 aliphatic rings. The van der Waals surface area contributed by atoms with Crippen LogP contribution >= 0.6 is 0 Å². The average Bonchev–Trinajstić information content (AvgIpc) is 2.51. The fourth-order valence-corrected chi connectivity index (χ4v) is 1.98. The summed E-state index contributed by atoms with van der Waals surface area (Å²) in [5.74, 6) is -3.03. The van der Waals surface area contributed by atoms with Gasteiger partial charge in [-0.2, -0.15) is 13.2 Å². The Bertz CT molecular complexity index is 623. The number of halogens is 4. The van der Waals surface area contributed by atoms with E-state index in [4.69, 9.17) is 4.74 Å². The van der Waals surface area contributed by atoms with Crippen LogP contribution in [0.15, 0.2) is 24.3 Å². The Balaban J connectivity index is 3.11. The number of amides is 1. The van der Waals surface area contributed by atoms with Gasteiger partial charge in [0.2, 0.25) is 0 Å². The molecule has 0 bridgehead atoms. The summed E-state index contributed by atoms with van der Waals surface area (Å²) in [4.78, 5) is 23.5. The summed E-state index contributed by atoms with van der Waals surface area (Å²) in [5, 5.41) is 0. The summed E-state index contributed by atoms with van der Waals surface area (Å²) in [6, 6.07) is 4.46. The van der Waals surface area contributed by atoms with Gasteiger partial charge in [0.05, 0.1) is 12.2 Å². The number of methoxy groups -OCH3 is 1. The molecule has 1 rings (SSSR count). The minimum absolute atomic E-state index is 0.00209. The lowest BCUT2D eigenvalue weighted by Crippen LogP contribution is -2.46. The van der Waals surface area contributed by atoms with Gasteiger partial charge in [0.15, 0.2) is 6.30 Å². The first kappa shape index (κ1) is 21.9. The van der Waals surface area contributed by atoms with Gasteiger partial charge in [0.25, 0.3) is 0 Å². The van der Waals surface area contributed by atoms with E-state index in [1.807, 2.05) is 0 Å². The lowest BCUT2D eigenvalue weighted by molar-refractivity contribution is -0.171. The number of carbonyl (C=O) groups is 2. The molecule has 0 aromatic heterocycles. The van der Waals surface area contributed by atoms with E-state index in [1.165, 1.54) is 19.2 Å². The second-order valence-corrected chi connectivity index (χ2v) is 6.44. The number of rotatable bonds is 6. The number of benzene rings is 1. The molecule has 1 unspecified atom stereocenters. The lowest BCUT2D eigenvalue weighted by Gasteiger charge is -2.27. The van der Waals surface area contributed by atoms with E-state index < -0.39 is 36.4 Å². The smallest absolute Gasteiger partial charge is 0.456 e. The van der Waals surface area contributed by atoms with Crippen molar-refractivity contribution in [3.8, 4) is 0 Å². The highest BCUT2D eigenvalue weighted by Gasteiger charge is 2.45. The molecular weight excluding hydrogens is 358 g/mol. The van der Waals surface area contributed by atoms with Crippen LogP contribution in [-0.4, -0.2) is 43.7 Å². The zero-order valence-electron chi connectivity index (χ0n) is 14.9. The first-order valence-corrected chi connectivity index (χ1v) is 7.73. The van der Waals surface area contributed by atoms with Crippen molar-refractivity contribution >= 4 is 17.6 Å². The van der Waals surface area contributed by atoms with E-state index >= 15 is 0 Å². The lowest BCUT2D eigenvalue weighted by atomic mass is 10.1. The number of alkyl halides is 4. The molecule has 1 amide bonds. The molecule has 1 aromatic rings. The van der Waals surface area contributed by atoms with Crippen LogP contribution in [0.2, 0.25) is 0 Å². The molecule has 26 heavy (non-hydrogen) atoms. The van der Waals surface area contributed by atoms with E-state index in [0.717, 1.165) is 12.1 Å². The Hall–Kier alpha value is -2.16. The second kappa shape index (κ2) is 8.48. The summed E-state index contributed by atoms with van der Waals surface area (Å²) in [6.07, 6.45) is -7.93. The maximum atomic E-state index is 14.2. The van der Waals surface area contributed by atoms with Gasteiger partial charge in [-0.25, -0.2) is 9.18 Å². The largest absolute Gasteiger partial charge is 0.471 e. The van der Waals surface area contributed by atoms with Gasteiger partial charge >= 0.3 is 18.1 Å². The van der Waals surface area contributed by atoms with Crippen LogP contribution < -0.4 is 4.90 Å². The number of hydrogen-bond acceptors (Lipinski definition) is 4. The predicted octanol–water partition coefficient (Wildman–Crippen LogP) is 3.87. The Morgan fingerprint density at radius 2 is 1.65 bits per heavy atom. The van der Waals surface area contributed by atoms with Crippen molar-refractivity contribution in [2.75, 3.05) is 18.6 Å². The summed E-state index contributed by atoms with van der Waals surface area (Å²) in [5.41, 5.74) is -1.02. The monoisotopic (exact) mass is 379 g/mol. The molecule has 1 aromatic carbocycles. The third-order valence-electron chi connectivity index (χ3n) is 3.08. The van der Waals surface area contributed by atoms with Crippen molar-refractivity contribution in [1.82, 2.24) is 0 Å². The summed E-state index contributed by atoms with van der Waals surface area (Å²) in [6.45, 7) is 4.81. The number of esters is 1. The number of ether oxygens (including phenoxy) is 2. The van der Waals surface area contributed by atoms with Crippen LogP contribution in [0.25, 0.3) is 0 Å². The standard InChI is InChI=1S/C17H21F4NO4/c1-16(2,3)26-14(23)11-5-7-12(8-6-11)22(13(18)9-10-25-4)15(24)17(19,20)21/h5-8,13H,9-10H2,1-4H3. The van der Waals surface area contributed by atoms with Crippen LogP contribution in [0.1, 0.15) is 37.6 Å². The third kappa shape index (κ3) is 6.29. The predicted molar refractivity (Wildman–Crippen MR) is 86.5 cm³/mol. The minimum atomic E-state index is -5.25. The van der Waals surface area contributed by atoms with Crippen molar-refractivity contribution in [1.29, 1.82) is 0 Å². The number of carbonyl (C=O) groups excluding carboxylic acids is 2. The van der Waals surface area contributed by atoms with Gasteiger partial charge in [-0.05, 0) is 45.0 Å². The van der Waals surface area contributed by atoms with Crippen molar-refractivity contribution < 1.29 is 36.6 Å². The van der Waals surface area contributed by atoms with E-state index in [1.54, 1.807) is 20.8 Å². The van der Waals surface area contributed by atoms with E-state index in [0.29, 0.717) is 0 Å². The Labute approximate surface area is 148 Å². The SMILES string of the molecule is COCCC(F)N(C(=O)C(F)(F)F)c1ccc(C(=O)OC(C)(C)C)cc1. The zero-order chi connectivity index (χ0) is 20.1. The fourth-order valence-electron chi connectivity index (χ4n) is 1.98. The molecule has 0 aliphatic heterocycles. The molecule has 0 fully saturated rings. The topological polar surface area (TPSA) is 55.8 Å². The molecule has 0 heterocycles. The molecule has 0 spiro atoms. The molecular formula is C17H21F4NO4. The van der Waals surface area contributed by atoms with Gasteiger partial charge in [-0.15, -0.1) is 0 Å². The van der Waals surface area contributed by atoms with Gasteiger partial charge < -0.3 is 9.47 Å². The number of nitrogens with zero attached hydrogens (tertiary/aromatic N) is 1. The molecule has 0 saturated heterocycles. The first-order chi connectivity index (χ1) is 11.9.